The Balaban J connectivity index is 0.000000758. The molecule has 1 N–H and O–H groups in total. The number of carbonyl (C=O) groups is 1. The second kappa shape index (κ2) is 15.0. The van der Waals surface area contributed by atoms with Crippen LogP contribution in [0.4, 0.5) is 0 Å². The van der Waals surface area contributed by atoms with Crippen LogP contribution in [0.1, 0.15) is 57.6 Å². The lowest BCUT2D eigenvalue weighted by Crippen LogP contribution is -2.40. The zero-order valence-corrected chi connectivity index (χ0v) is 21.7. The number of carbonyl (C=O) groups excluding carboxylic acids is 1. The topological polar surface area (TPSA) is 62.1 Å². The lowest BCUT2D eigenvalue weighted by molar-refractivity contribution is -0.106. The van der Waals surface area contributed by atoms with Crippen molar-refractivity contribution in [2.75, 3.05) is 26.8 Å². The average molecular weight is 469 g/mol. The lowest BCUT2D eigenvalue weighted by Gasteiger charge is -2.35. The van der Waals surface area contributed by atoms with Crippen LogP contribution in [-0.2, 0) is 16.1 Å². The molecule has 0 amide bonds. The number of aldehydes is 1. The van der Waals surface area contributed by atoms with Gasteiger partial charge in [-0.3, -0.25) is 9.89 Å². The molecule has 1 aromatic rings. The molecule has 3 aliphatic rings. The highest BCUT2D eigenvalue weighted by Crippen LogP contribution is 2.48. The number of allylic oxidation sites excluding steroid dienone is 3. The summed E-state index contributed by atoms with van der Waals surface area (Å²) in [4.78, 5) is 16.2. The normalized spacial score (nSPS) is 24.5. The highest BCUT2D eigenvalue weighted by molar-refractivity contribution is 5.80. The fraction of sp³-hybridized carbons (Fsp3) is 0.586. The van der Waals surface area contributed by atoms with E-state index >= 15 is 0 Å². The van der Waals surface area contributed by atoms with Gasteiger partial charge in [0.2, 0.25) is 0 Å². The molecule has 2 fully saturated rings. The third-order valence-electron chi connectivity index (χ3n) is 6.88. The van der Waals surface area contributed by atoms with Crippen molar-refractivity contribution in [2.45, 2.75) is 66.2 Å². The van der Waals surface area contributed by atoms with Gasteiger partial charge in [-0.05, 0) is 81.4 Å². The molecule has 4 rings (SSSR count). The monoisotopic (exact) mass is 468 g/mol. The zero-order valence-electron chi connectivity index (χ0n) is 21.7. The van der Waals surface area contributed by atoms with Crippen molar-refractivity contribution in [1.29, 1.82) is 0 Å². The first-order valence-electron chi connectivity index (χ1n) is 12.7. The van der Waals surface area contributed by atoms with Gasteiger partial charge in [0.1, 0.15) is 12.5 Å². The van der Waals surface area contributed by atoms with E-state index in [1.807, 2.05) is 0 Å². The summed E-state index contributed by atoms with van der Waals surface area (Å²) in [6.07, 6.45) is 12.7. The van der Waals surface area contributed by atoms with Crippen LogP contribution in [0.25, 0.3) is 0 Å². The van der Waals surface area contributed by atoms with Crippen LogP contribution in [0, 0.1) is 24.7 Å². The smallest absolute Gasteiger partial charge is 0.121 e. The van der Waals surface area contributed by atoms with Crippen LogP contribution >= 0.6 is 0 Å². The third kappa shape index (κ3) is 8.94. The molecule has 1 saturated carbocycles. The fourth-order valence-corrected chi connectivity index (χ4v) is 4.89. The summed E-state index contributed by atoms with van der Waals surface area (Å²) in [6.45, 7) is 12.0. The lowest BCUT2D eigenvalue weighted by atomic mass is 9.90. The van der Waals surface area contributed by atoms with Gasteiger partial charge >= 0.3 is 0 Å². The number of ether oxygens (including phenoxy) is 1. The molecule has 188 valence electrons. The molecule has 0 bridgehead atoms. The van der Waals surface area contributed by atoms with E-state index in [1.165, 1.54) is 61.5 Å². The van der Waals surface area contributed by atoms with Crippen LogP contribution < -0.4 is 0 Å². The summed E-state index contributed by atoms with van der Waals surface area (Å²) in [6, 6.07) is 8.70. The molecule has 34 heavy (non-hydrogen) atoms. The van der Waals surface area contributed by atoms with Gasteiger partial charge in [-0.2, -0.15) is 0 Å². The van der Waals surface area contributed by atoms with Crippen LogP contribution in [0.2, 0.25) is 0 Å². The molecule has 5 nitrogen and oxygen atoms in total. The number of benzene rings is 1. The van der Waals surface area contributed by atoms with E-state index in [0.29, 0.717) is 0 Å². The van der Waals surface area contributed by atoms with Crippen molar-refractivity contribution in [3.63, 3.8) is 0 Å². The molecule has 1 aliphatic carbocycles. The second-order valence-corrected chi connectivity index (χ2v) is 9.44. The molecule has 1 saturated heterocycles. The molecule has 1 unspecified atom stereocenters. The molecule has 0 spiro atoms. The van der Waals surface area contributed by atoms with Crippen molar-refractivity contribution >= 4 is 12.5 Å². The Morgan fingerprint density at radius 1 is 1.15 bits per heavy atom. The molecule has 0 radical (unpaired) electrons. The van der Waals surface area contributed by atoms with E-state index in [4.69, 9.17) is 19.6 Å². The van der Waals surface area contributed by atoms with E-state index in [1.54, 1.807) is 0 Å². The molecular formula is C29H44N2O3. The quantitative estimate of drug-likeness (QED) is 0.547. The van der Waals surface area contributed by atoms with E-state index in [0.717, 1.165) is 50.8 Å². The molecule has 0 aromatic heterocycles. The highest BCUT2D eigenvalue weighted by atomic mass is 16.5. The van der Waals surface area contributed by atoms with Gasteiger partial charge in [0, 0.05) is 26.4 Å². The Labute approximate surface area is 206 Å². The van der Waals surface area contributed by atoms with Gasteiger partial charge in [-0.25, -0.2) is 0 Å². The van der Waals surface area contributed by atoms with E-state index < -0.39 is 0 Å². The number of aliphatic imine (C=N–C) groups is 1. The molecule has 5 heteroatoms. The van der Waals surface area contributed by atoms with Crippen LogP contribution in [-0.4, -0.2) is 55.5 Å². The Kier molecular flexibility index (Phi) is 12.4. The van der Waals surface area contributed by atoms with Gasteiger partial charge in [-0.15, -0.1) is 0 Å². The Bertz CT molecular complexity index is 820. The number of aryl methyl sites for hydroxylation is 1. The molecule has 2 heterocycles. The maximum Gasteiger partial charge on any atom is 0.121 e. The summed E-state index contributed by atoms with van der Waals surface area (Å²) >= 11 is 0. The predicted molar refractivity (Wildman–Crippen MR) is 141 cm³/mol. The number of aliphatic hydroxyl groups excluding tert-OH is 1. The molecule has 3 atom stereocenters. The fourth-order valence-electron chi connectivity index (χ4n) is 4.89. The van der Waals surface area contributed by atoms with Crippen molar-refractivity contribution in [1.82, 2.24) is 4.90 Å². The molecular weight excluding hydrogens is 424 g/mol. The number of hydrogen-bond donors (Lipinski definition) is 1. The molecule has 2 aliphatic heterocycles. The van der Waals surface area contributed by atoms with Crippen LogP contribution in [0.5, 0.6) is 0 Å². The maximum atomic E-state index is 8.81. The first-order chi connectivity index (χ1) is 16.5. The third-order valence-corrected chi connectivity index (χ3v) is 6.88. The summed E-state index contributed by atoms with van der Waals surface area (Å²) in [7, 11) is 1.00. The van der Waals surface area contributed by atoms with E-state index in [2.05, 4.69) is 68.3 Å². The Morgan fingerprint density at radius 2 is 1.79 bits per heavy atom. The minimum absolute atomic E-state index is 0.226. The standard InChI is InChI=1S/C26H36N2O.C2H4O.CH4O/c1-4-21-13-20(3)14-26(27-16-21)28-11-9-23(10-12-28)25-15-24(25)18-29-17-22-7-5-19(2)6-8-22;1-2-3;1-2/h5-8,13-14,16,23-26H,4,9-12,15,17-18H2,1-3H3;2H,1H3;2H,1H3/t24-,25-,26?;;/m1../s1. The van der Waals surface area contributed by atoms with E-state index in [-0.39, 0.29) is 6.17 Å². The first-order valence-corrected chi connectivity index (χ1v) is 12.7. The Morgan fingerprint density at radius 3 is 2.41 bits per heavy atom. The van der Waals surface area contributed by atoms with Crippen molar-refractivity contribution in [3.8, 4) is 0 Å². The molecule has 1 aromatic carbocycles. The van der Waals surface area contributed by atoms with Crippen molar-refractivity contribution in [2.24, 2.45) is 22.7 Å². The minimum Gasteiger partial charge on any atom is -0.400 e. The SMILES string of the molecule is CC=O.CCC1=CC(C)=CC(N2CCC([C@H]3C[C@@H]3COCc3ccc(C)cc3)CC2)N=C1.CO. The average Bonchev–Trinajstić information content (AvgIpc) is 3.65. The van der Waals surface area contributed by atoms with Gasteiger partial charge in [0.15, 0.2) is 0 Å². The summed E-state index contributed by atoms with van der Waals surface area (Å²) < 4.78 is 6.02. The van der Waals surface area contributed by atoms with Crippen molar-refractivity contribution < 1.29 is 14.6 Å². The number of likely N-dealkylation sites (tertiary alicyclic amines) is 1. The van der Waals surface area contributed by atoms with Gasteiger partial charge in [-0.1, -0.05) is 48.4 Å². The maximum absolute atomic E-state index is 8.81. The summed E-state index contributed by atoms with van der Waals surface area (Å²) in [5.41, 5.74) is 5.28. The minimum atomic E-state index is 0.226. The van der Waals surface area contributed by atoms with Gasteiger partial charge < -0.3 is 14.6 Å². The number of piperidine rings is 1. The Hall–Kier alpha value is -2.08. The number of aliphatic hydroxyl groups is 1. The first kappa shape index (κ1) is 28.2. The number of rotatable bonds is 7. The predicted octanol–water partition coefficient (Wildman–Crippen LogP) is 5.37. The number of nitrogens with zero attached hydrogens (tertiary/aromatic N) is 2. The van der Waals surface area contributed by atoms with Crippen LogP contribution in [0.3, 0.4) is 0 Å². The van der Waals surface area contributed by atoms with Gasteiger partial charge in [0.05, 0.1) is 13.2 Å². The highest BCUT2D eigenvalue weighted by Gasteiger charge is 2.43. The second-order valence-electron chi connectivity index (χ2n) is 9.44. The van der Waals surface area contributed by atoms with Crippen molar-refractivity contribution in [3.05, 3.63) is 58.7 Å². The van der Waals surface area contributed by atoms with Gasteiger partial charge in [0.25, 0.3) is 0 Å². The summed E-state index contributed by atoms with van der Waals surface area (Å²) in [5, 5.41) is 7.00. The summed E-state index contributed by atoms with van der Waals surface area (Å²) in [5.74, 6) is 2.55. The van der Waals surface area contributed by atoms with Crippen LogP contribution in [0.15, 0.2) is 52.6 Å². The zero-order chi connectivity index (χ0) is 24.9. The van der Waals surface area contributed by atoms with E-state index in [9.17, 15) is 0 Å². The largest absolute Gasteiger partial charge is 0.400 e. The number of hydrogen-bond acceptors (Lipinski definition) is 5.